The third-order valence-corrected chi connectivity index (χ3v) is 8.53. The van der Waals surface area contributed by atoms with Crippen molar-refractivity contribution >= 4 is 10.0 Å². The fourth-order valence-corrected chi connectivity index (χ4v) is 6.44. The van der Waals surface area contributed by atoms with E-state index in [1.807, 2.05) is 24.3 Å². The second kappa shape index (κ2) is 7.59. The van der Waals surface area contributed by atoms with Crippen LogP contribution in [-0.4, -0.2) is 73.9 Å². The van der Waals surface area contributed by atoms with E-state index >= 15 is 0 Å². The molecule has 1 aliphatic carbocycles. The summed E-state index contributed by atoms with van der Waals surface area (Å²) < 4.78 is 31.2. The van der Waals surface area contributed by atoms with Crippen molar-refractivity contribution in [2.45, 2.75) is 30.3 Å². The number of benzene rings is 2. The van der Waals surface area contributed by atoms with E-state index in [0.29, 0.717) is 19.0 Å². The highest BCUT2D eigenvalue weighted by molar-refractivity contribution is 7.88. The van der Waals surface area contributed by atoms with Crippen molar-refractivity contribution in [2.24, 2.45) is 5.92 Å². The van der Waals surface area contributed by atoms with Crippen LogP contribution in [-0.2, 0) is 10.0 Å². The van der Waals surface area contributed by atoms with Gasteiger partial charge in [0.05, 0.1) is 25.5 Å². The fourth-order valence-electron chi connectivity index (χ4n) is 5.53. The smallest absolute Gasteiger partial charge is 0.211 e. The molecule has 0 bridgehead atoms. The van der Waals surface area contributed by atoms with Gasteiger partial charge in [0.15, 0.2) is 0 Å². The maximum absolute atomic E-state index is 12.1. The maximum Gasteiger partial charge on any atom is 0.211 e. The number of methoxy groups -OCH3 is 1. The molecule has 5 rings (SSSR count). The molecule has 1 spiro atoms. The van der Waals surface area contributed by atoms with Gasteiger partial charge in [0.1, 0.15) is 5.75 Å². The fraction of sp³-hybridized carbons (Fsp3) is 0.500. The first-order chi connectivity index (χ1) is 14.9. The Morgan fingerprint density at radius 3 is 2.35 bits per heavy atom. The Balaban J connectivity index is 1.44. The van der Waals surface area contributed by atoms with Crippen molar-refractivity contribution in [3.63, 3.8) is 0 Å². The molecule has 2 saturated heterocycles. The van der Waals surface area contributed by atoms with Gasteiger partial charge in [-0.3, -0.25) is 4.90 Å². The molecule has 0 unspecified atom stereocenters. The van der Waals surface area contributed by atoms with E-state index in [9.17, 15) is 13.5 Å². The van der Waals surface area contributed by atoms with E-state index in [2.05, 4.69) is 29.2 Å². The molecule has 0 radical (unpaired) electrons. The van der Waals surface area contributed by atoms with Gasteiger partial charge in [-0.05, 0) is 36.0 Å². The number of rotatable bonds is 7. The Kier molecular flexibility index (Phi) is 5.13. The van der Waals surface area contributed by atoms with Crippen molar-refractivity contribution in [3.05, 3.63) is 54.1 Å². The number of aliphatic hydroxyl groups is 1. The number of hydrogen-bond donors (Lipinski definition) is 1. The molecule has 2 aromatic carbocycles. The summed E-state index contributed by atoms with van der Waals surface area (Å²) in [4.78, 5) is 2.39. The summed E-state index contributed by atoms with van der Waals surface area (Å²) in [7, 11) is -1.52. The number of nitrogens with zero attached hydrogens (tertiary/aromatic N) is 2. The van der Waals surface area contributed by atoms with Gasteiger partial charge in [-0.25, -0.2) is 8.42 Å². The highest BCUT2D eigenvalue weighted by atomic mass is 32.2. The standard InChI is InChI=1S/C24H30N2O4S/c1-30-22-6-4-3-5-20(22)18-9-11-19(12-10-18)23-21(14-27)26(13-17-7-8-17)24(23)15-25(16-24)31(2,28)29/h3-6,9-12,17,21,23,27H,7-8,13-16H2,1-2H3/t21-,23-/m1/s1. The average Bonchev–Trinajstić information content (AvgIpc) is 3.54. The highest BCUT2D eigenvalue weighted by Gasteiger charge is 2.67. The minimum atomic E-state index is -3.20. The van der Waals surface area contributed by atoms with Gasteiger partial charge >= 0.3 is 0 Å². The Morgan fingerprint density at radius 2 is 1.77 bits per heavy atom. The molecular formula is C24H30N2O4S. The van der Waals surface area contributed by atoms with Gasteiger partial charge in [0.2, 0.25) is 10.0 Å². The minimum absolute atomic E-state index is 0.0411. The monoisotopic (exact) mass is 442 g/mol. The van der Waals surface area contributed by atoms with E-state index in [4.69, 9.17) is 4.74 Å². The van der Waals surface area contributed by atoms with E-state index < -0.39 is 10.0 Å². The number of hydrogen-bond acceptors (Lipinski definition) is 5. The molecule has 3 aliphatic rings. The first kappa shape index (κ1) is 20.9. The summed E-state index contributed by atoms with van der Waals surface area (Å²) in [5.74, 6) is 1.65. The van der Waals surface area contributed by atoms with Gasteiger partial charge in [-0.15, -0.1) is 0 Å². The zero-order valence-electron chi connectivity index (χ0n) is 18.1. The number of likely N-dealkylation sites (tertiary alicyclic amines) is 1. The van der Waals surface area contributed by atoms with Crippen LogP contribution in [0.15, 0.2) is 48.5 Å². The number of aliphatic hydroxyl groups excluding tert-OH is 1. The van der Waals surface area contributed by atoms with Crippen molar-refractivity contribution in [2.75, 3.05) is 39.6 Å². The van der Waals surface area contributed by atoms with Gasteiger partial charge in [-0.1, -0.05) is 42.5 Å². The molecule has 2 atom stereocenters. The van der Waals surface area contributed by atoms with E-state index in [1.165, 1.54) is 19.1 Å². The third kappa shape index (κ3) is 3.48. The zero-order chi connectivity index (χ0) is 21.8. The van der Waals surface area contributed by atoms with Crippen LogP contribution in [0.5, 0.6) is 5.75 Å². The summed E-state index contributed by atoms with van der Waals surface area (Å²) in [6.07, 6.45) is 3.75. The lowest BCUT2D eigenvalue weighted by Crippen LogP contribution is -2.85. The topological polar surface area (TPSA) is 70.1 Å². The van der Waals surface area contributed by atoms with Crippen LogP contribution in [0.25, 0.3) is 11.1 Å². The molecule has 2 aromatic rings. The SMILES string of the molecule is COc1ccccc1-c1ccc([C@@H]2[C@@H](CO)N(CC3CC3)C23CN(S(C)(=O)=O)C3)cc1. The Labute approximate surface area is 184 Å². The average molecular weight is 443 g/mol. The Hall–Kier alpha value is -1.93. The lowest BCUT2D eigenvalue weighted by molar-refractivity contribution is -0.172. The van der Waals surface area contributed by atoms with Crippen LogP contribution < -0.4 is 4.74 Å². The van der Waals surface area contributed by atoms with Crippen molar-refractivity contribution in [3.8, 4) is 16.9 Å². The normalized spacial score (nSPS) is 25.8. The molecule has 1 N–H and O–H groups in total. The molecule has 7 heteroatoms. The van der Waals surface area contributed by atoms with Crippen LogP contribution in [0.1, 0.15) is 24.3 Å². The summed E-state index contributed by atoms with van der Waals surface area (Å²) in [6, 6.07) is 16.5. The van der Waals surface area contributed by atoms with Crippen LogP contribution in [0.2, 0.25) is 0 Å². The quantitative estimate of drug-likeness (QED) is 0.714. The summed E-state index contributed by atoms with van der Waals surface area (Å²) in [5, 5.41) is 10.2. The molecular weight excluding hydrogens is 412 g/mol. The molecule has 6 nitrogen and oxygen atoms in total. The molecule has 3 fully saturated rings. The van der Waals surface area contributed by atoms with Crippen molar-refractivity contribution in [1.29, 1.82) is 0 Å². The van der Waals surface area contributed by atoms with Crippen LogP contribution in [0, 0.1) is 5.92 Å². The molecule has 31 heavy (non-hydrogen) atoms. The van der Waals surface area contributed by atoms with Crippen molar-refractivity contribution in [1.82, 2.24) is 9.21 Å². The number of sulfonamides is 1. The highest BCUT2D eigenvalue weighted by Crippen LogP contribution is 2.55. The second-order valence-corrected chi connectivity index (χ2v) is 11.3. The molecule has 0 aromatic heterocycles. The van der Waals surface area contributed by atoms with Gasteiger partial charge in [0.25, 0.3) is 0 Å². The lowest BCUT2D eigenvalue weighted by Gasteiger charge is -2.70. The summed E-state index contributed by atoms with van der Waals surface area (Å²) in [6.45, 7) is 2.06. The Bertz CT molecular complexity index is 1060. The third-order valence-electron chi connectivity index (χ3n) is 7.33. The van der Waals surface area contributed by atoms with Crippen LogP contribution in [0.3, 0.4) is 0 Å². The van der Waals surface area contributed by atoms with Crippen LogP contribution >= 0.6 is 0 Å². The zero-order valence-corrected chi connectivity index (χ0v) is 18.9. The number of para-hydroxylation sites is 1. The maximum atomic E-state index is 12.1. The van der Waals surface area contributed by atoms with E-state index in [1.54, 1.807) is 11.4 Å². The molecule has 1 saturated carbocycles. The predicted molar refractivity (Wildman–Crippen MR) is 121 cm³/mol. The minimum Gasteiger partial charge on any atom is -0.496 e. The van der Waals surface area contributed by atoms with Gasteiger partial charge in [0, 0.05) is 37.2 Å². The van der Waals surface area contributed by atoms with E-state index in [0.717, 1.165) is 29.0 Å². The Morgan fingerprint density at radius 1 is 1.10 bits per heavy atom. The molecule has 166 valence electrons. The summed E-state index contributed by atoms with van der Waals surface area (Å²) in [5.41, 5.74) is 3.08. The lowest BCUT2D eigenvalue weighted by atomic mass is 9.61. The first-order valence-corrected chi connectivity index (χ1v) is 12.8. The second-order valence-electron chi connectivity index (χ2n) is 9.28. The van der Waals surface area contributed by atoms with Crippen molar-refractivity contribution < 1.29 is 18.3 Å². The van der Waals surface area contributed by atoms with Gasteiger partial charge in [-0.2, -0.15) is 4.31 Å². The molecule has 0 amide bonds. The molecule has 2 heterocycles. The first-order valence-electron chi connectivity index (χ1n) is 10.9. The van der Waals surface area contributed by atoms with E-state index in [-0.39, 0.29) is 24.1 Å². The predicted octanol–water partition coefficient (Wildman–Crippen LogP) is 2.55. The van der Waals surface area contributed by atoms with Crippen LogP contribution in [0.4, 0.5) is 0 Å². The number of ether oxygens (including phenoxy) is 1. The summed E-state index contributed by atoms with van der Waals surface area (Å²) >= 11 is 0. The van der Waals surface area contributed by atoms with Gasteiger partial charge < -0.3 is 9.84 Å². The largest absolute Gasteiger partial charge is 0.496 e. The molecule has 2 aliphatic heterocycles.